The van der Waals surface area contributed by atoms with Crippen LogP contribution in [0, 0.1) is 0 Å². The van der Waals surface area contributed by atoms with Crippen LogP contribution >= 0.6 is 50.5 Å². The summed E-state index contributed by atoms with van der Waals surface area (Å²) in [7, 11) is 0. The second kappa shape index (κ2) is 9.51. The molecular formula is C14H22S4. The minimum absolute atomic E-state index is 0.893. The maximum atomic E-state index is 4.38. The molecule has 0 bridgehead atoms. The zero-order chi connectivity index (χ0) is 13.4. The first-order valence-electron chi connectivity index (χ1n) is 6.33. The SMILES string of the molecule is SCCc1cc(CCS)c(CCS)c(CCS)c1. The molecule has 0 aliphatic heterocycles. The number of benzene rings is 1. The van der Waals surface area contributed by atoms with Gasteiger partial charge in [0.1, 0.15) is 0 Å². The quantitative estimate of drug-likeness (QED) is 0.518. The van der Waals surface area contributed by atoms with Gasteiger partial charge in [-0.2, -0.15) is 50.5 Å². The van der Waals surface area contributed by atoms with Crippen molar-refractivity contribution in [1.29, 1.82) is 0 Å². The van der Waals surface area contributed by atoms with Gasteiger partial charge in [-0.15, -0.1) is 0 Å². The van der Waals surface area contributed by atoms with E-state index in [0.29, 0.717) is 0 Å². The van der Waals surface area contributed by atoms with Crippen LogP contribution in [-0.4, -0.2) is 23.0 Å². The second-order valence-electron chi connectivity index (χ2n) is 4.29. The van der Waals surface area contributed by atoms with Gasteiger partial charge in [0.05, 0.1) is 0 Å². The molecule has 0 atom stereocenters. The van der Waals surface area contributed by atoms with Crippen LogP contribution in [0.2, 0.25) is 0 Å². The van der Waals surface area contributed by atoms with Crippen LogP contribution in [0.15, 0.2) is 12.1 Å². The van der Waals surface area contributed by atoms with E-state index in [1.54, 1.807) is 0 Å². The number of hydrogen-bond acceptors (Lipinski definition) is 4. The lowest BCUT2D eigenvalue weighted by atomic mass is 9.92. The van der Waals surface area contributed by atoms with E-state index in [0.717, 1.165) is 48.7 Å². The largest absolute Gasteiger partial charge is 0.179 e. The first kappa shape index (κ1) is 16.7. The lowest BCUT2D eigenvalue weighted by Gasteiger charge is -2.16. The third-order valence-corrected chi connectivity index (χ3v) is 3.91. The molecule has 0 saturated heterocycles. The third-order valence-electron chi connectivity index (χ3n) is 3.02. The Hall–Kier alpha value is 0.620. The molecule has 0 nitrogen and oxygen atoms in total. The van der Waals surface area contributed by atoms with Crippen molar-refractivity contribution in [2.45, 2.75) is 25.7 Å². The fourth-order valence-electron chi connectivity index (χ4n) is 2.26. The van der Waals surface area contributed by atoms with Crippen LogP contribution in [0.5, 0.6) is 0 Å². The molecule has 1 aromatic rings. The summed E-state index contributed by atoms with van der Waals surface area (Å²) >= 11 is 17.5. The smallest absolute Gasteiger partial charge is 0.00572 e. The molecule has 0 heterocycles. The van der Waals surface area contributed by atoms with E-state index in [-0.39, 0.29) is 0 Å². The van der Waals surface area contributed by atoms with E-state index < -0.39 is 0 Å². The summed E-state index contributed by atoms with van der Waals surface area (Å²) in [5.74, 6) is 3.58. The molecule has 1 aromatic carbocycles. The van der Waals surface area contributed by atoms with Crippen LogP contribution in [0.3, 0.4) is 0 Å². The van der Waals surface area contributed by atoms with Gasteiger partial charge >= 0.3 is 0 Å². The monoisotopic (exact) mass is 318 g/mol. The van der Waals surface area contributed by atoms with Gasteiger partial charge in [-0.05, 0) is 70.9 Å². The molecule has 102 valence electrons. The van der Waals surface area contributed by atoms with E-state index in [4.69, 9.17) is 0 Å². The molecule has 0 amide bonds. The highest BCUT2D eigenvalue weighted by molar-refractivity contribution is 7.80. The molecule has 0 radical (unpaired) electrons. The van der Waals surface area contributed by atoms with Crippen LogP contribution < -0.4 is 0 Å². The van der Waals surface area contributed by atoms with Crippen molar-refractivity contribution in [2.75, 3.05) is 23.0 Å². The van der Waals surface area contributed by atoms with Crippen molar-refractivity contribution >= 4 is 50.5 Å². The summed E-state index contributed by atoms with van der Waals surface area (Å²) in [4.78, 5) is 0. The minimum Gasteiger partial charge on any atom is -0.179 e. The van der Waals surface area contributed by atoms with E-state index in [1.807, 2.05) is 0 Å². The van der Waals surface area contributed by atoms with Crippen LogP contribution in [0.1, 0.15) is 22.3 Å². The maximum Gasteiger partial charge on any atom is -0.00572 e. The Morgan fingerprint density at radius 3 is 1.44 bits per heavy atom. The normalized spacial score (nSPS) is 10.9. The molecule has 4 heteroatoms. The number of aryl methyl sites for hydroxylation is 3. The van der Waals surface area contributed by atoms with Crippen LogP contribution in [-0.2, 0) is 25.7 Å². The molecule has 0 aliphatic rings. The molecule has 1 rings (SSSR count). The lowest BCUT2D eigenvalue weighted by molar-refractivity contribution is 0.979. The first-order valence-corrected chi connectivity index (χ1v) is 8.86. The van der Waals surface area contributed by atoms with Crippen molar-refractivity contribution < 1.29 is 0 Å². The van der Waals surface area contributed by atoms with Crippen molar-refractivity contribution in [1.82, 2.24) is 0 Å². The van der Waals surface area contributed by atoms with Crippen molar-refractivity contribution in [3.8, 4) is 0 Å². The first-order chi connectivity index (χ1) is 8.76. The third kappa shape index (κ3) is 4.95. The van der Waals surface area contributed by atoms with E-state index >= 15 is 0 Å². The summed E-state index contributed by atoms with van der Waals surface area (Å²) in [5.41, 5.74) is 5.74. The number of thiol groups is 4. The highest BCUT2D eigenvalue weighted by Gasteiger charge is 2.09. The second-order valence-corrected chi connectivity index (χ2v) is 6.08. The predicted octanol–water partition coefficient (Wildman–Crippen LogP) is 3.58. The van der Waals surface area contributed by atoms with Crippen molar-refractivity contribution in [3.05, 3.63) is 34.4 Å². The Morgan fingerprint density at radius 1 is 0.611 bits per heavy atom. The summed E-state index contributed by atoms with van der Waals surface area (Å²) in [6, 6.07) is 4.65. The molecule has 0 fully saturated rings. The lowest BCUT2D eigenvalue weighted by Crippen LogP contribution is -2.06. The Bertz CT molecular complexity index is 336. The fourth-order valence-corrected chi connectivity index (χ4v) is 3.23. The van der Waals surface area contributed by atoms with Gasteiger partial charge in [0, 0.05) is 0 Å². The van der Waals surface area contributed by atoms with Gasteiger partial charge in [-0.1, -0.05) is 12.1 Å². The molecule has 0 aromatic heterocycles. The van der Waals surface area contributed by atoms with Gasteiger partial charge in [-0.25, -0.2) is 0 Å². The van der Waals surface area contributed by atoms with E-state index in [1.165, 1.54) is 22.3 Å². The Morgan fingerprint density at radius 2 is 1.06 bits per heavy atom. The number of hydrogen-bond donors (Lipinski definition) is 4. The average Bonchev–Trinajstić information content (AvgIpc) is 2.34. The standard InChI is InChI=1S/C14H22S4/c15-5-1-11-9-12(2-6-16)14(4-8-18)13(10-11)3-7-17/h9-10,15-18H,1-8H2. The van der Waals surface area contributed by atoms with Gasteiger partial charge in [-0.3, -0.25) is 0 Å². The Balaban J connectivity index is 3.15. The van der Waals surface area contributed by atoms with Crippen LogP contribution in [0.25, 0.3) is 0 Å². The zero-order valence-electron chi connectivity index (χ0n) is 10.6. The van der Waals surface area contributed by atoms with Gasteiger partial charge in [0.2, 0.25) is 0 Å². The molecular weight excluding hydrogens is 296 g/mol. The minimum atomic E-state index is 0.893. The molecule has 0 unspecified atom stereocenters. The predicted molar refractivity (Wildman–Crippen MR) is 96.7 cm³/mol. The van der Waals surface area contributed by atoms with E-state index in [2.05, 4.69) is 62.6 Å². The Kier molecular flexibility index (Phi) is 8.81. The molecule has 0 spiro atoms. The van der Waals surface area contributed by atoms with Crippen molar-refractivity contribution in [2.24, 2.45) is 0 Å². The van der Waals surface area contributed by atoms with Gasteiger partial charge < -0.3 is 0 Å². The molecule has 18 heavy (non-hydrogen) atoms. The molecule has 0 aliphatic carbocycles. The molecule has 0 saturated carbocycles. The highest BCUT2D eigenvalue weighted by atomic mass is 32.1. The van der Waals surface area contributed by atoms with Crippen LogP contribution in [0.4, 0.5) is 0 Å². The number of rotatable bonds is 8. The summed E-state index contributed by atoms with van der Waals surface area (Å²) in [5, 5.41) is 0. The topological polar surface area (TPSA) is 0 Å². The van der Waals surface area contributed by atoms with E-state index in [9.17, 15) is 0 Å². The van der Waals surface area contributed by atoms with Gasteiger partial charge in [0.25, 0.3) is 0 Å². The highest BCUT2D eigenvalue weighted by Crippen LogP contribution is 2.22. The van der Waals surface area contributed by atoms with Gasteiger partial charge in [0.15, 0.2) is 0 Å². The molecule has 0 N–H and O–H groups in total. The average molecular weight is 319 g/mol. The summed E-state index contributed by atoms with van der Waals surface area (Å²) in [6.07, 6.45) is 4.14. The summed E-state index contributed by atoms with van der Waals surface area (Å²) < 4.78 is 0. The maximum absolute atomic E-state index is 4.38. The van der Waals surface area contributed by atoms with Crippen molar-refractivity contribution in [3.63, 3.8) is 0 Å². The summed E-state index contributed by atoms with van der Waals surface area (Å²) in [6.45, 7) is 0. The fraction of sp³-hybridized carbons (Fsp3) is 0.571. The zero-order valence-corrected chi connectivity index (χ0v) is 14.2. The Labute approximate surface area is 133 Å².